The van der Waals surface area contributed by atoms with Crippen LogP contribution in [0.1, 0.15) is 75.1 Å². The van der Waals surface area contributed by atoms with Crippen molar-refractivity contribution in [1.82, 2.24) is 9.38 Å². The van der Waals surface area contributed by atoms with E-state index in [1.807, 2.05) is 0 Å². The summed E-state index contributed by atoms with van der Waals surface area (Å²) in [5.74, 6) is 1.86. The van der Waals surface area contributed by atoms with Crippen molar-refractivity contribution in [2.24, 2.45) is 4.99 Å². The molecule has 4 heteroatoms. The second kappa shape index (κ2) is 9.02. The molecule has 0 aromatic carbocycles. The Morgan fingerprint density at radius 2 is 1.96 bits per heavy atom. The van der Waals surface area contributed by atoms with Gasteiger partial charge in [0.05, 0.1) is 5.69 Å². The summed E-state index contributed by atoms with van der Waals surface area (Å²) in [4.78, 5) is 8.94. The first-order chi connectivity index (χ1) is 12.3. The molecule has 1 saturated carbocycles. The van der Waals surface area contributed by atoms with Crippen LogP contribution >= 0.6 is 0 Å². The normalized spacial score (nSPS) is 15.6. The maximum absolute atomic E-state index is 5.02. The monoisotopic (exact) mass is 340 g/mol. The number of nitrogens with zero attached hydrogens (tertiary/aromatic N) is 3. The number of aliphatic imine (C=N–C) groups is 1. The van der Waals surface area contributed by atoms with Gasteiger partial charge in [0.1, 0.15) is 11.5 Å². The summed E-state index contributed by atoms with van der Waals surface area (Å²) in [6, 6.07) is 6.42. The SMILES string of the molecule is C=NCCCCCCNc1c(C2CCCCC2)nc2cccc(C)n12. The molecule has 0 bridgehead atoms. The van der Waals surface area contributed by atoms with Gasteiger partial charge in [-0.3, -0.25) is 4.40 Å². The van der Waals surface area contributed by atoms with Crippen molar-refractivity contribution in [3.8, 4) is 0 Å². The third-order valence-electron chi connectivity index (χ3n) is 5.39. The Kier molecular flexibility index (Phi) is 6.48. The number of anilines is 1. The molecule has 1 aliphatic rings. The van der Waals surface area contributed by atoms with E-state index in [1.54, 1.807) is 0 Å². The molecule has 0 radical (unpaired) electrons. The average Bonchev–Trinajstić information content (AvgIpc) is 3.02. The lowest BCUT2D eigenvalue weighted by molar-refractivity contribution is 0.438. The number of aromatic nitrogens is 2. The Labute approximate surface area is 151 Å². The molecular formula is C21H32N4. The minimum Gasteiger partial charge on any atom is -0.370 e. The Bertz CT molecular complexity index is 683. The van der Waals surface area contributed by atoms with Crippen LogP contribution < -0.4 is 5.32 Å². The molecule has 25 heavy (non-hydrogen) atoms. The predicted octanol–water partition coefficient (Wildman–Crippen LogP) is 5.36. The number of hydrogen-bond acceptors (Lipinski definition) is 3. The van der Waals surface area contributed by atoms with Gasteiger partial charge in [0.25, 0.3) is 0 Å². The maximum Gasteiger partial charge on any atom is 0.138 e. The zero-order valence-electron chi connectivity index (χ0n) is 15.6. The molecule has 1 aliphatic carbocycles. The molecule has 0 atom stereocenters. The summed E-state index contributed by atoms with van der Waals surface area (Å²) < 4.78 is 2.31. The van der Waals surface area contributed by atoms with Gasteiger partial charge in [-0.1, -0.05) is 38.2 Å². The number of pyridine rings is 1. The fraction of sp³-hybridized carbons (Fsp3) is 0.619. The lowest BCUT2D eigenvalue weighted by Crippen LogP contribution is -2.11. The van der Waals surface area contributed by atoms with E-state index in [2.05, 4.69) is 46.6 Å². The quantitative estimate of drug-likeness (QED) is 0.493. The summed E-state index contributed by atoms with van der Waals surface area (Å²) in [6.45, 7) is 7.63. The van der Waals surface area contributed by atoms with Gasteiger partial charge >= 0.3 is 0 Å². The van der Waals surface area contributed by atoms with Gasteiger partial charge in [0.15, 0.2) is 0 Å². The molecule has 0 unspecified atom stereocenters. The highest BCUT2D eigenvalue weighted by molar-refractivity contribution is 5.57. The van der Waals surface area contributed by atoms with Crippen LogP contribution in [-0.4, -0.2) is 29.2 Å². The molecular weight excluding hydrogens is 308 g/mol. The average molecular weight is 341 g/mol. The van der Waals surface area contributed by atoms with Crippen LogP contribution in [0.2, 0.25) is 0 Å². The van der Waals surface area contributed by atoms with Gasteiger partial charge in [0.2, 0.25) is 0 Å². The number of fused-ring (bicyclic) bond motifs is 1. The van der Waals surface area contributed by atoms with Gasteiger partial charge in [-0.25, -0.2) is 4.98 Å². The topological polar surface area (TPSA) is 41.7 Å². The zero-order valence-corrected chi connectivity index (χ0v) is 15.6. The molecule has 0 aliphatic heterocycles. The molecule has 2 aromatic heterocycles. The van der Waals surface area contributed by atoms with Crippen molar-refractivity contribution in [2.75, 3.05) is 18.4 Å². The number of nitrogens with one attached hydrogen (secondary N) is 1. The number of hydrogen-bond donors (Lipinski definition) is 1. The number of rotatable bonds is 9. The molecule has 2 heterocycles. The second-order valence-electron chi connectivity index (χ2n) is 7.33. The van der Waals surface area contributed by atoms with E-state index in [0.29, 0.717) is 5.92 Å². The highest BCUT2D eigenvalue weighted by Crippen LogP contribution is 2.36. The van der Waals surface area contributed by atoms with E-state index in [0.717, 1.165) is 25.2 Å². The van der Waals surface area contributed by atoms with Crippen molar-refractivity contribution < 1.29 is 0 Å². The van der Waals surface area contributed by atoms with E-state index in [4.69, 9.17) is 4.98 Å². The van der Waals surface area contributed by atoms with E-state index >= 15 is 0 Å². The first kappa shape index (κ1) is 18.0. The van der Waals surface area contributed by atoms with E-state index in [-0.39, 0.29) is 0 Å². The first-order valence-corrected chi connectivity index (χ1v) is 9.95. The summed E-state index contributed by atoms with van der Waals surface area (Å²) in [7, 11) is 0. The standard InChI is InChI=1S/C21H32N4/c1-17-11-10-14-19-24-20(18-12-6-5-7-13-18)21(25(17)19)23-16-9-4-3-8-15-22-2/h10-11,14,18,23H,2-9,12-13,15-16H2,1H3. The Morgan fingerprint density at radius 3 is 2.76 bits per heavy atom. The van der Waals surface area contributed by atoms with Crippen molar-refractivity contribution >= 4 is 18.2 Å². The fourth-order valence-corrected chi connectivity index (χ4v) is 4.01. The summed E-state index contributed by atoms with van der Waals surface area (Å²) >= 11 is 0. The Balaban J connectivity index is 1.71. The third-order valence-corrected chi connectivity index (χ3v) is 5.39. The van der Waals surface area contributed by atoms with Crippen molar-refractivity contribution in [2.45, 2.75) is 70.6 Å². The smallest absolute Gasteiger partial charge is 0.138 e. The van der Waals surface area contributed by atoms with Crippen LogP contribution in [-0.2, 0) is 0 Å². The highest BCUT2D eigenvalue weighted by Gasteiger charge is 2.23. The summed E-state index contributed by atoms with van der Waals surface area (Å²) in [6.07, 6.45) is 11.5. The van der Waals surface area contributed by atoms with Gasteiger partial charge in [-0.15, -0.1) is 0 Å². The molecule has 1 fully saturated rings. The van der Waals surface area contributed by atoms with Crippen LogP contribution in [0.25, 0.3) is 5.65 Å². The zero-order chi connectivity index (χ0) is 17.5. The molecule has 2 aromatic rings. The molecule has 0 saturated heterocycles. The minimum absolute atomic E-state index is 0.620. The highest BCUT2D eigenvalue weighted by atomic mass is 15.1. The van der Waals surface area contributed by atoms with Gasteiger partial charge in [0, 0.05) is 24.7 Å². The second-order valence-corrected chi connectivity index (χ2v) is 7.33. The Morgan fingerprint density at radius 1 is 1.16 bits per heavy atom. The maximum atomic E-state index is 5.02. The van der Waals surface area contributed by atoms with Gasteiger partial charge < -0.3 is 10.3 Å². The van der Waals surface area contributed by atoms with Crippen molar-refractivity contribution in [1.29, 1.82) is 0 Å². The molecule has 1 N–H and O–H groups in total. The van der Waals surface area contributed by atoms with Crippen LogP contribution in [0.5, 0.6) is 0 Å². The predicted molar refractivity (Wildman–Crippen MR) is 107 cm³/mol. The minimum atomic E-state index is 0.620. The van der Waals surface area contributed by atoms with Crippen LogP contribution in [0, 0.1) is 6.92 Å². The largest absolute Gasteiger partial charge is 0.370 e. The van der Waals surface area contributed by atoms with Crippen molar-refractivity contribution in [3.63, 3.8) is 0 Å². The number of imidazole rings is 1. The van der Waals surface area contributed by atoms with E-state index < -0.39 is 0 Å². The molecule has 0 amide bonds. The lowest BCUT2D eigenvalue weighted by atomic mass is 9.87. The van der Waals surface area contributed by atoms with Crippen LogP contribution in [0.15, 0.2) is 23.2 Å². The molecule has 0 spiro atoms. The van der Waals surface area contributed by atoms with Gasteiger partial charge in [-0.2, -0.15) is 0 Å². The summed E-state index contributed by atoms with van der Waals surface area (Å²) in [5.41, 5.74) is 3.64. The molecule has 136 valence electrons. The molecule has 3 rings (SSSR count). The van der Waals surface area contributed by atoms with E-state index in [9.17, 15) is 0 Å². The lowest BCUT2D eigenvalue weighted by Gasteiger charge is -2.21. The number of aryl methyl sites for hydroxylation is 1. The van der Waals surface area contributed by atoms with Crippen LogP contribution in [0.4, 0.5) is 5.82 Å². The fourth-order valence-electron chi connectivity index (χ4n) is 4.01. The van der Waals surface area contributed by atoms with Crippen LogP contribution in [0.3, 0.4) is 0 Å². The number of unbranched alkanes of at least 4 members (excludes halogenated alkanes) is 3. The third kappa shape index (κ3) is 4.42. The Hall–Kier alpha value is -1.84. The summed E-state index contributed by atoms with van der Waals surface area (Å²) in [5, 5.41) is 3.73. The van der Waals surface area contributed by atoms with Gasteiger partial charge in [-0.05, 0) is 51.5 Å². The first-order valence-electron chi connectivity index (χ1n) is 9.95. The van der Waals surface area contributed by atoms with E-state index in [1.165, 1.54) is 68.6 Å². The molecule has 4 nitrogen and oxygen atoms in total. The van der Waals surface area contributed by atoms with Crippen molar-refractivity contribution in [3.05, 3.63) is 29.6 Å².